The van der Waals surface area contributed by atoms with Gasteiger partial charge in [-0.15, -0.1) is 0 Å². The third-order valence-corrected chi connectivity index (χ3v) is 14.8. The zero-order valence-corrected chi connectivity index (χ0v) is 40.4. The molecule has 0 N–H and O–H groups in total. The Morgan fingerprint density at radius 2 is 0.632 bits per heavy atom. The standard InChI is InChI=1S/C42H39Br6N3O6/c43-28-13-10-25(49-16-4-1-5-17-49)22-31(28)55-40(52)34-37(46)35(41(53)56-32-23-26(11-14-29(32)44)50-18-6-2-7-19-50)39(48)36(38(34)47)42(54)57-33-24-27(12-15-30(33)45)51-20-8-3-9-21-51/h10-15,22-24H,1-9,16-21H2. The van der Waals surface area contributed by atoms with Crippen LogP contribution in [0.4, 0.5) is 17.1 Å². The first-order chi connectivity index (χ1) is 27.5. The number of piperidine rings is 3. The minimum absolute atomic E-state index is 0.0627. The summed E-state index contributed by atoms with van der Waals surface area (Å²) in [5, 5.41) is 0. The van der Waals surface area contributed by atoms with Gasteiger partial charge in [-0.05, 0) is 190 Å². The zero-order chi connectivity index (χ0) is 40.2. The Morgan fingerprint density at radius 1 is 0.386 bits per heavy atom. The van der Waals surface area contributed by atoms with Crippen molar-refractivity contribution >= 4 is 131 Å². The molecule has 3 aliphatic heterocycles. The van der Waals surface area contributed by atoms with Gasteiger partial charge >= 0.3 is 17.9 Å². The van der Waals surface area contributed by atoms with E-state index >= 15 is 0 Å². The Morgan fingerprint density at radius 3 is 0.877 bits per heavy atom. The molecule has 15 heteroatoms. The predicted molar refractivity (Wildman–Crippen MR) is 245 cm³/mol. The van der Waals surface area contributed by atoms with E-state index in [2.05, 4.69) is 110 Å². The van der Waals surface area contributed by atoms with E-state index in [1.165, 1.54) is 19.3 Å². The molecule has 4 aromatic carbocycles. The lowest BCUT2D eigenvalue weighted by Crippen LogP contribution is -2.29. The minimum atomic E-state index is -0.817. The van der Waals surface area contributed by atoms with E-state index in [9.17, 15) is 14.4 Å². The van der Waals surface area contributed by atoms with Crippen LogP contribution in [0.25, 0.3) is 0 Å². The summed E-state index contributed by atoms with van der Waals surface area (Å²) in [5.41, 5.74) is 2.48. The largest absolute Gasteiger partial charge is 0.422 e. The van der Waals surface area contributed by atoms with Crippen molar-refractivity contribution in [1.29, 1.82) is 0 Å². The van der Waals surface area contributed by atoms with Gasteiger partial charge in [0.2, 0.25) is 0 Å². The molecule has 9 nitrogen and oxygen atoms in total. The average molecular weight is 1160 g/mol. The number of halogens is 6. The zero-order valence-electron chi connectivity index (χ0n) is 30.9. The second-order valence-corrected chi connectivity index (χ2v) is 19.2. The molecular weight excluding hydrogens is 1120 g/mol. The Kier molecular flexibility index (Phi) is 14.5. The van der Waals surface area contributed by atoms with Crippen molar-refractivity contribution in [3.8, 4) is 17.2 Å². The fourth-order valence-electron chi connectivity index (χ4n) is 7.41. The van der Waals surface area contributed by atoms with Gasteiger partial charge < -0.3 is 28.9 Å². The number of carbonyl (C=O) groups is 3. The molecule has 7 rings (SSSR count). The maximum Gasteiger partial charge on any atom is 0.345 e. The van der Waals surface area contributed by atoms with Gasteiger partial charge in [-0.3, -0.25) is 0 Å². The van der Waals surface area contributed by atoms with Crippen molar-refractivity contribution in [3.05, 3.63) is 98.1 Å². The Balaban J connectivity index is 1.27. The summed E-state index contributed by atoms with van der Waals surface area (Å²) in [7, 11) is 0. The summed E-state index contributed by atoms with van der Waals surface area (Å²) in [6.07, 6.45) is 10.0. The summed E-state index contributed by atoms with van der Waals surface area (Å²) in [6.45, 7) is 5.44. The molecule has 3 saturated heterocycles. The first-order valence-corrected chi connectivity index (χ1v) is 23.8. The number of nitrogens with zero attached hydrogens (tertiary/aromatic N) is 3. The number of ether oxygens (including phenoxy) is 3. The van der Waals surface area contributed by atoms with Crippen LogP contribution in [0, 0.1) is 0 Å². The minimum Gasteiger partial charge on any atom is -0.422 e. The lowest BCUT2D eigenvalue weighted by atomic mass is 10.0. The lowest BCUT2D eigenvalue weighted by Gasteiger charge is -2.29. The summed E-state index contributed by atoms with van der Waals surface area (Å²) < 4.78 is 20.1. The van der Waals surface area contributed by atoms with Crippen molar-refractivity contribution in [2.45, 2.75) is 57.8 Å². The quantitative estimate of drug-likeness (QED) is 0.120. The number of rotatable bonds is 9. The Bertz CT molecular complexity index is 1920. The van der Waals surface area contributed by atoms with Gasteiger partial charge in [0.15, 0.2) is 0 Å². The van der Waals surface area contributed by atoms with Crippen molar-refractivity contribution in [1.82, 2.24) is 0 Å². The molecule has 0 radical (unpaired) electrons. The van der Waals surface area contributed by atoms with E-state index < -0.39 is 17.9 Å². The molecule has 300 valence electrons. The lowest BCUT2D eigenvalue weighted by molar-refractivity contribution is 0.0729. The van der Waals surface area contributed by atoms with Crippen LogP contribution in [0.1, 0.15) is 88.9 Å². The molecule has 4 aromatic rings. The van der Waals surface area contributed by atoms with Crippen molar-refractivity contribution < 1.29 is 28.6 Å². The molecule has 57 heavy (non-hydrogen) atoms. The molecule has 3 heterocycles. The van der Waals surface area contributed by atoms with Gasteiger partial charge in [0.25, 0.3) is 0 Å². The van der Waals surface area contributed by atoms with Gasteiger partial charge in [-0.25, -0.2) is 14.4 Å². The first-order valence-electron chi connectivity index (χ1n) is 19.0. The van der Waals surface area contributed by atoms with Crippen LogP contribution in [-0.4, -0.2) is 57.2 Å². The molecule has 0 atom stereocenters. The highest BCUT2D eigenvalue weighted by Crippen LogP contribution is 2.43. The van der Waals surface area contributed by atoms with Gasteiger partial charge in [-0.2, -0.15) is 0 Å². The van der Waals surface area contributed by atoms with Crippen LogP contribution >= 0.6 is 95.6 Å². The van der Waals surface area contributed by atoms with Crippen LogP contribution in [0.5, 0.6) is 17.2 Å². The van der Waals surface area contributed by atoms with Crippen LogP contribution in [0.3, 0.4) is 0 Å². The average Bonchev–Trinajstić information content (AvgIpc) is 3.21. The predicted octanol–water partition coefficient (Wildman–Crippen LogP) is 12.9. The fourth-order valence-corrected chi connectivity index (χ4v) is 11.4. The molecule has 3 fully saturated rings. The molecule has 0 saturated carbocycles. The van der Waals surface area contributed by atoms with Crippen LogP contribution < -0.4 is 28.9 Å². The van der Waals surface area contributed by atoms with Crippen LogP contribution in [0.2, 0.25) is 0 Å². The number of anilines is 3. The molecule has 0 bridgehead atoms. The number of hydrogen-bond donors (Lipinski definition) is 0. The highest BCUT2D eigenvalue weighted by atomic mass is 79.9. The van der Waals surface area contributed by atoms with E-state index in [-0.39, 0.29) is 47.4 Å². The molecule has 0 aromatic heterocycles. The Labute approximate surface area is 382 Å². The first kappa shape index (κ1) is 42.7. The maximum atomic E-state index is 14.4. The second-order valence-electron chi connectivity index (χ2n) is 14.2. The molecule has 0 spiro atoms. The third kappa shape index (κ3) is 9.80. The van der Waals surface area contributed by atoms with E-state index in [4.69, 9.17) is 14.2 Å². The van der Waals surface area contributed by atoms with Crippen molar-refractivity contribution in [2.75, 3.05) is 54.0 Å². The normalized spacial score (nSPS) is 16.0. The number of hydrogen-bond acceptors (Lipinski definition) is 9. The smallest absolute Gasteiger partial charge is 0.345 e. The van der Waals surface area contributed by atoms with E-state index in [0.29, 0.717) is 13.4 Å². The highest BCUT2D eigenvalue weighted by molar-refractivity contribution is 9.12. The fraction of sp³-hybridized carbons (Fsp3) is 0.357. The van der Waals surface area contributed by atoms with Crippen LogP contribution in [0.15, 0.2) is 81.4 Å². The van der Waals surface area contributed by atoms with E-state index in [1.54, 1.807) is 0 Å². The highest BCUT2D eigenvalue weighted by Gasteiger charge is 2.34. The molecule has 0 amide bonds. The summed E-state index contributed by atoms with van der Waals surface area (Å²) in [4.78, 5) is 49.9. The number of carbonyl (C=O) groups excluding carboxylic acids is 3. The third-order valence-electron chi connectivity index (χ3n) is 10.4. The Hall–Kier alpha value is -2.43. The van der Waals surface area contributed by atoms with Gasteiger partial charge in [0.05, 0.1) is 30.1 Å². The monoisotopic (exact) mass is 1150 g/mol. The summed E-state index contributed by atoms with van der Waals surface area (Å²) >= 11 is 21.3. The summed E-state index contributed by atoms with van der Waals surface area (Å²) in [6, 6.07) is 16.9. The maximum absolute atomic E-state index is 14.4. The van der Waals surface area contributed by atoms with Crippen LogP contribution in [-0.2, 0) is 0 Å². The van der Waals surface area contributed by atoms with Crippen molar-refractivity contribution in [2.24, 2.45) is 0 Å². The van der Waals surface area contributed by atoms with E-state index in [1.807, 2.05) is 54.6 Å². The number of esters is 3. The molecular formula is C42H39Br6N3O6. The van der Waals surface area contributed by atoms with Gasteiger partial charge in [-0.1, -0.05) is 0 Å². The molecule has 0 aliphatic carbocycles. The topological polar surface area (TPSA) is 88.6 Å². The SMILES string of the molecule is O=C(Oc1cc(N2CCCCC2)ccc1Br)c1c(Br)c(C(=O)Oc2cc(N3CCCCC3)ccc2Br)c(Br)c(C(=O)Oc2cc(N3CCCCC3)ccc2Br)c1Br. The van der Waals surface area contributed by atoms with Gasteiger partial charge in [0, 0.05) is 87.9 Å². The van der Waals surface area contributed by atoms with E-state index in [0.717, 1.165) is 94.9 Å². The molecule has 0 unspecified atom stereocenters. The molecule has 3 aliphatic rings. The van der Waals surface area contributed by atoms with Gasteiger partial charge in [0.1, 0.15) is 17.2 Å². The number of benzene rings is 4. The van der Waals surface area contributed by atoms with Crippen molar-refractivity contribution in [3.63, 3.8) is 0 Å². The second kappa shape index (κ2) is 19.3. The summed E-state index contributed by atoms with van der Waals surface area (Å²) in [5.74, 6) is -1.59.